The summed E-state index contributed by atoms with van der Waals surface area (Å²) in [5.41, 5.74) is -0.834. The number of nitro groups is 1. The second-order valence-corrected chi connectivity index (χ2v) is 8.25. The summed E-state index contributed by atoms with van der Waals surface area (Å²) in [4.78, 5) is 34.3. The maximum absolute atomic E-state index is 12.7. The van der Waals surface area contributed by atoms with Crippen molar-refractivity contribution in [1.82, 2.24) is 10.2 Å². The van der Waals surface area contributed by atoms with E-state index in [2.05, 4.69) is 20.8 Å². The molecule has 2 amide bonds. The Bertz CT molecular complexity index is 1150. The van der Waals surface area contributed by atoms with Gasteiger partial charge in [-0.15, -0.1) is 10.2 Å². The van der Waals surface area contributed by atoms with Crippen molar-refractivity contribution in [3.63, 3.8) is 0 Å². The fourth-order valence-electron chi connectivity index (χ4n) is 2.32. The van der Waals surface area contributed by atoms with Gasteiger partial charge in [0.15, 0.2) is 4.34 Å². The van der Waals surface area contributed by atoms with Crippen LogP contribution in [0.4, 0.5) is 29.7 Å². The van der Waals surface area contributed by atoms with E-state index in [0.29, 0.717) is 4.34 Å². The molecular weight excluding hydrogens is 471 g/mol. The van der Waals surface area contributed by atoms with Crippen LogP contribution >= 0.6 is 23.1 Å². The Hall–Kier alpha value is -3.52. The molecule has 0 aliphatic heterocycles. The zero-order valence-corrected chi connectivity index (χ0v) is 17.4. The van der Waals surface area contributed by atoms with Crippen molar-refractivity contribution in [2.24, 2.45) is 0 Å². The summed E-state index contributed by atoms with van der Waals surface area (Å²) in [6.07, 6.45) is -4.52. The van der Waals surface area contributed by atoms with Gasteiger partial charge in [-0.25, -0.2) is 0 Å². The van der Waals surface area contributed by atoms with Crippen LogP contribution in [-0.2, 0) is 11.0 Å². The number of amides is 2. The minimum atomic E-state index is -4.52. The third kappa shape index (κ3) is 6.24. The van der Waals surface area contributed by atoms with Gasteiger partial charge in [-0.1, -0.05) is 29.2 Å². The maximum Gasteiger partial charge on any atom is 0.416 e. The number of rotatable bonds is 7. The molecule has 0 fully saturated rings. The number of alkyl halides is 3. The predicted octanol–water partition coefficient (Wildman–Crippen LogP) is 4.45. The molecular formula is C18H12F3N5O4S2. The van der Waals surface area contributed by atoms with Crippen LogP contribution in [0.2, 0.25) is 0 Å². The van der Waals surface area contributed by atoms with Crippen LogP contribution in [0.1, 0.15) is 15.9 Å². The van der Waals surface area contributed by atoms with Crippen molar-refractivity contribution in [1.29, 1.82) is 0 Å². The topological polar surface area (TPSA) is 127 Å². The summed E-state index contributed by atoms with van der Waals surface area (Å²) < 4.78 is 38.6. The van der Waals surface area contributed by atoms with Gasteiger partial charge in [0, 0.05) is 23.4 Å². The van der Waals surface area contributed by atoms with Gasteiger partial charge in [-0.05, 0) is 30.3 Å². The van der Waals surface area contributed by atoms with E-state index < -0.39 is 28.5 Å². The van der Waals surface area contributed by atoms with E-state index in [1.807, 2.05) is 0 Å². The minimum absolute atomic E-state index is 0.0127. The molecule has 0 aliphatic carbocycles. The van der Waals surface area contributed by atoms with Crippen LogP contribution < -0.4 is 10.6 Å². The van der Waals surface area contributed by atoms with Crippen LogP contribution in [0.25, 0.3) is 0 Å². The highest BCUT2D eigenvalue weighted by Crippen LogP contribution is 2.31. The fraction of sp³-hybridized carbons (Fsp3) is 0.111. The van der Waals surface area contributed by atoms with Gasteiger partial charge in [-0.2, -0.15) is 13.2 Å². The van der Waals surface area contributed by atoms with E-state index in [0.717, 1.165) is 35.2 Å². The largest absolute Gasteiger partial charge is 0.416 e. The number of halogens is 3. The number of anilines is 2. The Balaban J connectivity index is 1.52. The SMILES string of the molecule is O=C(CSc1nnc(NC(=O)c2ccc([N+](=O)[O-])cc2)s1)Nc1cccc(C(F)(F)F)c1. The standard InChI is InChI=1S/C18H12F3N5O4S2/c19-18(20,21)11-2-1-3-12(8-11)22-14(27)9-31-17-25-24-16(32-17)23-15(28)10-4-6-13(7-5-10)26(29)30/h1-8H,9H2,(H,22,27)(H,23,24,28). The predicted molar refractivity (Wildman–Crippen MR) is 112 cm³/mol. The number of non-ortho nitro benzene ring substituents is 1. The lowest BCUT2D eigenvalue weighted by atomic mass is 10.2. The van der Waals surface area contributed by atoms with E-state index in [4.69, 9.17) is 0 Å². The van der Waals surface area contributed by atoms with Gasteiger partial charge >= 0.3 is 6.18 Å². The molecule has 0 radical (unpaired) electrons. The molecule has 0 saturated carbocycles. The quantitative estimate of drug-likeness (QED) is 0.220. The zero-order chi connectivity index (χ0) is 23.3. The number of thioether (sulfide) groups is 1. The summed E-state index contributed by atoms with van der Waals surface area (Å²) in [7, 11) is 0. The lowest BCUT2D eigenvalue weighted by Gasteiger charge is -2.09. The first-order chi connectivity index (χ1) is 15.1. The van der Waals surface area contributed by atoms with Gasteiger partial charge in [0.1, 0.15) is 0 Å². The molecule has 14 heteroatoms. The molecule has 32 heavy (non-hydrogen) atoms. The first kappa shape index (κ1) is 23.1. The monoisotopic (exact) mass is 483 g/mol. The molecule has 3 aromatic rings. The molecule has 1 heterocycles. The molecule has 166 valence electrons. The molecule has 9 nitrogen and oxygen atoms in total. The summed E-state index contributed by atoms with van der Waals surface area (Å²) in [6.45, 7) is 0. The van der Waals surface area contributed by atoms with Gasteiger partial charge in [-0.3, -0.25) is 25.0 Å². The van der Waals surface area contributed by atoms with Crippen molar-refractivity contribution in [2.45, 2.75) is 10.5 Å². The first-order valence-corrected chi connectivity index (χ1v) is 10.4. The Morgan fingerprint density at radius 1 is 1.09 bits per heavy atom. The highest BCUT2D eigenvalue weighted by Gasteiger charge is 2.30. The summed E-state index contributed by atoms with van der Waals surface area (Å²) >= 11 is 1.98. The average molecular weight is 483 g/mol. The molecule has 0 bridgehead atoms. The van der Waals surface area contributed by atoms with Crippen molar-refractivity contribution in [2.75, 3.05) is 16.4 Å². The third-order valence-corrected chi connectivity index (χ3v) is 5.74. The molecule has 0 unspecified atom stereocenters. The number of carbonyl (C=O) groups is 2. The molecule has 0 saturated heterocycles. The second-order valence-electron chi connectivity index (χ2n) is 6.05. The lowest BCUT2D eigenvalue weighted by molar-refractivity contribution is -0.384. The van der Waals surface area contributed by atoms with Crippen molar-refractivity contribution in [3.05, 3.63) is 69.8 Å². The van der Waals surface area contributed by atoms with Gasteiger partial charge < -0.3 is 5.32 Å². The highest BCUT2D eigenvalue weighted by atomic mass is 32.2. The number of nitro benzene ring substituents is 1. The average Bonchev–Trinajstić information content (AvgIpc) is 3.19. The van der Waals surface area contributed by atoms with E-state index >= 15 is 0 Å². The fourth-order valence-corrected chi connectivity index (χ4v) is 3.87. The first-order valence-electron chi connectivity index (χ1n) is 8.61. The Morgan fingerprint density at radius 2 is 1.81 bits per heavy atom. The summed E-state index contributed by atoms with van der Waals surface area (Å²) in [6, 6.07) is 9.24. The van der Waals surface area contributed by atoms with Gasteiger partial charge in [0.25, 0.3) is 11.6 Å². The van der Waals surface area contributed by atoms with E-state index in [1.54, 1.807) is 0 Å². The normalized spacial score (nSPS) is 11.1. The lowest BCUT2D eigenvalue weighted by Crippen LogP contribution is -2.15. The molecule has 2 aromatic carbocycles. The summed E-state index contributed by atoms with van der Waals surface area (Å²) in [5, 5.41) is 23.3. The smallest absolute Gasteiger partial charge is 0.325 e. The number of carbonyl (C=O) groups excluding carboxylic acids is 2. The van der Waals surface area contributed by atoms with Crippen LogP contribution in [0.5, 0.6) is 0 Å². The van der Waals surface area contributed by atoms with Crippen molar-refractivity contribution in [3.8, 4) is 0 Å². The summed E-state index contributed by atoms with van der Waals surface area (Å²) in [5.74, 6) is -1.22. The number of nitrogens with one attached hydrogen (secondary N) is 2. The van der Waals surface area contributed by atoms with Gasteiger partial charge in [0.2, 0.25) is 11.0 Å². The van der Waals surface area contributed by atoms with E-state index in [9.17, 15) is 32.9 Å². The molecule has 2 N–H and O–H groups in total. The van der Waals surface area contributed by atoms with Crippen molar-refractivity contribution >= 4 is 51.4 Å². The Morgan fingerprint density at radius 3 is 2.47 bits per heavy atom. The Kier molecular flexibility index (Phi) is 7.05. The van der Waals surface area contributed by atoms with Crippen LogP contribution in [0, 0.1) is 10.1 Å². The molecule has 0 atom stereocenters. The highest BCUT2D eigenvalue weighted by molar-refractivity contribution is 8.01. The number of nitrogens with zero attached hydrogens (tertiary/aromatic N) is 3. The maximum atomic E-state index is 12.7. The number of hydrogen-bond donors (Lipinski definition) is 2. The van der Waals surface area contributed by atoms with Crippen LogP contribution in [-0.4, -0.2) is 32.7 Å². The number of hydrogen-bond acceptors (Lipinski definition) is 8. The number of benzene rings is 2. The molecule has 1 aromatic heterocycles. The second kappa shape index (κ2) is 9.74. The number of aromatic nitrogens is 2. The van der Waals surface area contributed by atoms with Crippen LogP contribution in [0.15, 0.2) is 52.9 Å². The van der Waals surface area contributed by atoms with Crippen molar-refractivity contribution < 1.29 is 27.7 Å². The molecule has 0 aliphatic rings. The molecule has 0 spiro atoms. The van der Waals surface area contributed by atoms with Crippen LogP contribution in [0.3, 0.4) is 0 Å². The third-order valence-electron chi connectivity index (χ3n) is 3.77. The van der Waals surface area contributed by atoms with E-state index in [-0.39, 0.29) is 27.8 Å². The van der Waals surface area contributed by atoms with Gasteiger partial charge in [0.05, 0.1) is 16.2 Å². The zero-order valence-electron chi connectivity index (χ0n) is 15.8. The minimum Gasteiger partial charge on any atom is -0.325 e. The molecule has 3 rings (SSSR count). The van der Waals surface area contributed by atoms with E-state index in [1.165, 1.54) is 36.4 Å². The Labute approximate surface area is 186 Å².